The number of ether oxygens (including phenoxy) is 1. The Labute approximate surface area is 152 Å². The van der Waals surface area contributed by atoms with Crippen LogP contribution in [0.15, 0.2) is 18.2 Å². The molecule has 2 rings (SSSR count). The van der Waals surface area contributed by atoms with Crippen LogP contribution in [0.2, 0.25) is 0 Å². The van der Waals surface area contributed by atoms with Gasteiger partial charge in [-0.2, -0.15) is 0 Å². The second-order valence-electron chi connectivity index (χ2n) is 7.54. The number of aliphatic hydroxyl groups is 2. The summed E-state index contributed by atoms with van der Waals surface area (Å²) in [5.41, 5.74) is 7.92. The van der Waals surface area contributed by atoms with Crippen molar-refractivity contribution in [2.75, 3.05) is 19.8 Å². The van der Waals surface area contributed by atoms with E-state index in [1.54, 1.807) is 0 Å². The van der Waals surface area contributed by atoms with E-state index in [1.807, 2.05) is 6.07 Å². The van der Waals surface area contributed by atoms with E-state index in [-0.39, 0.29) is 19.1 Å². The maximum Gasteiger partial charge on any atom is 0.119 e. The average molecular weight is 350 g/mol. The molecular formula is C21H35NO3. The van der Waals surface area contributed by atoms with Gasteiger partial charge in [0.2, 0.25) is 0 Å². The Morgan fingerprint density at radius 3 is 2.60 bits per heavy atom. The Morgan fingerprint density at radius 2 is 1.88 bits per heavy atom. The number of hydrogen-bond acceptors (Lipinski definition) is 4. The fourth-order valence-electron chi connectivity index (χ4n) is 3.72. The van der Waals surface area contributed by atoms with E-state index in [0.717, 1.165) is 44.5 Å². The normalized spacial score (nSPS) is 17.8. The zero-order valence-electron chi connectivity index (χ0n) is 15.7. The van der Waals surface area contributed by atoms with E-state index in [1.165, 1.54) is 36.8 Å². The molecule has 0 aliphatic heterocycles. The first-order chi connectivity index (χ1) is 12.1. The van der Waals surface area contributed by atoms with Crippen molar-refractivity contribution in [1.82, 2.24) is 0 Å². The van der Waals surface area contributed by atoms with Gasteiger partial charge < -0.3 is 20.7 Å². The Hall–Kier alpha value is -1.10. The minimum Gasteiger partial charge on any atom is -0.494 e. The molecular weight excluding hydrogens is 314 g/mol. The highest BCUT2D eigenvalue weighted by molar-refractivity contribution is 5.37. The summed E-state index contributed by atoms with van der Waals surface area (Å²) in [6, 6.07) is 6.35. The van der Waals surface area contributed by atoms with Gasteiger partial charge in [0.1, 0.15) is 5.75 Å². The van der Waals surface area contributed by atoms with Gasteiger partial charge in [-0.1, -0.05) is 38.7 Å². The van der Waals surface area contributed by atoms with Crippen LogP contribution in [0.1, 0.15) is 63.0 Å². The largest absolute Gasteiger partial charge is 0.494 e. The van der Waals surface area contributed by atoms with Gasteiger partial charge in [0.25, 0.3) is 0 Å². The highest BCUT2D eigenvalue weighted by atomic mass is 16.5. The standard InChI is InChI=1S/C21H35NO3/c1-2-3-4-5-6-12-25-20-11-10-18-13-19(21(22,15-23)16-24)9-7-8-17(18)14-20/h10-11,14,19,23-24H,2-9,12-13,15-16,22H2,1H3/t19-/m0/s1. The van der Waals surface area contributed by atoms with E-state index < -0.39 is 5.54 Å². The molecule has 0 bridgehead atoms. The molecule has 25 heavy (non-hydrogen) atoms. The number of hydrogen-bond donors (Lipinski definition) is 3. The van der Waals surface area contributed by atoms with Crippen molar-refractivity contribution in [1.29, 1.82) is 0 Å². The van der Waals surface area contributed by atoms with Gasteiger partial charge in [-0.25, -0.2) is 0 Å². The molecule has 0 unspecified atom stereocenters. The highest BCUT2D eigenvalue weighted by Gasteiger charge is 2.35. The summed E-state index contributed by atoms with van der Waals surface area (Å²) < 4.78 is 5.92. The molecule has 0 spiro atoms. The number of benzene rings is 1. The minimum absolute atomic E-state index is 0.106. The molecule has 1 aliphatic rings. The summed E-state index contributed by atoms with van der Waals surface area (Å²) in [5, 5.41) is 19.2. The van der Waals surface area contributed by atoms with Gasteiger partial charge in [0.15, 0.2) is 0 Å². The molecule has 0 radical (unpaired) electrons. The number of fused-ring (bicyclic) bond motifs is 1. The third kappa shape index (κ3) is 5.70. The first kappa shape index (κ1) is 20.2. The summed E-state index contributed by atoms with van der Waals surface area (Å²) in [6.07, 6.45) is 9.99. The Bertz CT molecular complexity index is 514. The van der Waals surface area contributed by atoms with E-state index in [0.29, 0.717) is 0 Å². The zero-order chi connectivity index (χ0) is 18.1. The quantitative estimate of drug-likeness (QED) is 0.448. The molecule has 142 valence electrons. The molecule has 0 aromatic heterocycles. The van der Waals surface area contributed by atoms with Crippen LogP contribution in [0.5, 0.6) is 5.75 Å². The van der Waals surface area contributed by atoms with Gasteiger partial charge in [-0.15, -0.1) is 0 Å². The molecule has 4 N–H and O–H groups in total. The van der Waals surface area contributed by atoms with Crippen LogP contribution in [0.4, 0.5) is 0 Å². The number of aliphatic hydroxyl groups excluding tert-OH is 2. The second-order valence-corrected chi connectivity index (χ2v) is 7.54. The fourth-order valence-corrected chi connectivity index (χ4v) is 3.72. The van der Waals surface area contributed by atoms with Crippen molar-refractivity contribution < 1.29 is 14.9 Å². The van der Waals surface area contributed by atoms with Crippen molar-refractivity contribution in [3.8, 4) is 5.75 Å². The lowest BCUT2D eigenvalue weighted by atomic mass is 9.80. The SMILES string of the molecule is CCCCCCCOc1ccc2c(c1)CCC[C@H](C(N)(CO)CO)C2. The molecule has 1 aliphatic carbocycles. The predicted molar refractivity (Wildman–Crippen MR) is 102 cm³/mol. The zero-order valence-corrected chi connectivity index (χ0v) is 15.7. The van der Waals surface area contributed by atoms with Crippen LogP contribution in [0.25, 0.3) is 0 Å². The molecule has 1 atom stereocenters. The van der Waals surface area contributed by atoms with Gasteiger partial charge in [0.05, 0.1) is 25.4 Å². The Morgan fingerprint density at radius 1 is 1.12 bits per heavy atom. The predicted octanol–water partition coefficient (Wildman–Crippen LogP) is 3.21. The lowest BCUT2D eigenvalue weighted by Gasteiger charge is -2.34. The summed E-state index contributed by atoms with van der Waals surface area (Å²) >= 11 is 0. The maximum atomic E-state index is 9.59. The van der Waals surface area contributed by atoms with E-state index >= 15 is 0 Å². The van der Waals surface area contributed by atoms with Crippen molar-refractivity contribution in [2.24, 2.45) is 11.7 Å². The first-order valence-corrected chi connectivity index (χ1v) is 9.88. The second kappa shape index (κ2) is 10.1. The van der Waals surface area contributed by atoms with Gasteiger partial charge in [-0.3, -0.25) is 0 Å². The van der Waals surface area contributed by atoms with Gasteiger partial charge in [-0.05, 0) is 61.3 Å². The smallest absolute Gasteiger partial charge is 0.119 e. The van der Waals surface area contributed by atoms with Crippen LogP contribution < -0.4 is 10.5 Å². The third-order valence-electron chi connectivity index (χ3n) is 5.56. The topological polar surface area (TPSA) is 75.7 Å². The summed E-state index contributed by atoms with van der Waals surface area (Å²) in [7, 11) is 0. The number of rotatable bonds is 10. The number of nitrogens with two attached hydrogens (primary N) is 1. The molecule has 0 amide bonds. The number of aryl methyl sites for hydroxylation is 1. The lowest BCUT2D eigenvalue weighted by molar-refractivity contribution is 0.0713. The molecule has 4 heteroatoms. The minimum atomic E-state index is -0.894. The van der Waals surface area contributed by atoms with Crippen LogP contribution in [-0.2, 0) is 12.8 Å². The van der Waals surface area contributed by atoms with Crippen LogP contribution >= 0.6 is 0 Å². The molecule has 4 nitrogen and oxygen atoms in total. The summed E-state index contributed by atoms with van der Waals surface area (Å²) in [6.45, 7) is 2.66. The van der Waals surface area contributed by atoms with E-state index in [9.17, 15) is 10.2 Å². The van der Waals surface area contributed by atoms with E-state index in [2.05, 4.69) is 19.1 Å². The summed E-state index contributed by atoms with van der Waals surface area (Å²) in [4.78, 5) is 0. The van der Waals surface area contributed by atoms with Crippen molar-refractivity contribution in [3.63, 3.8) is 0 Å². The monoisotopic (exact) mass is 349 g/mol. The van der Waals surface area contributed by atoms with Gasteiger partial charge in [0, 0.05) is 0 Å². The third-order valence-corrected chi connectivity index (χ3v) is 5.56. The van der Waals surface area contributed by atoms with Crippen molar-refractivity contribution >= 4 is 0 Å². The maximum absolute atomic E-state index is 9.59. The van der Waals surface area contributed by atoms with Crippen LogP contribution in [0, 0.1) is 5.92 Å². The Balaban J connectivity index is 1.93. The average Bonchev–Trinajstić information content (AvgIpc) is 2.86. The highest BCUT2D eigenvalue weighted by Crippen LogP contribution is 2.32. The van der Waals surface area contributed by atoms with Crippen molar-refractivity contribution in [3.05, 3.63) is 29.3 Å². The Kier molecular flexibility index (Phi) is 8.20. The van der Waals surface area contributed by atoms with Crippen LogP contribution in [0.3, 0.4) is 0 Å². The summed E-state index contributed by atoms with van der Waals surface area (Å²) in [5.74, 6) is 1.06. The number of unbranched alkanes of at least 4 members (excludes halogenated alkanes) is 4. The molecule has 1 aromatic carbocycles. The fraction of sp³-hybridized carbons (Fsp3) is 0.714. The van der Waals surface area contributed by atoms with Crippen LogP contribution in [-0.4, -0.2) is 35.6 Å². The molecule has 0 saturated heterocycles. The van der Waals surface area contributed by atoms with Crippen molar-refractivity contribution in [2.45, 2.75) is 70.3 Å². The molecule has 1 aromatic rings. The molecule has 0 fully saturated rings. The van der Waals surface area contributed by atoms with Gasteiger partial charge >= 0.3 is 0 Å². The molecule has 0 heterocycles. The van der Waals surface area contributed by atoms with E-state index in [4.69, 9.17) is 10.5 Å². The molecule has 0 saturated carbocycles. The lowest BCUT2D eigenvalue weighted by Crippen LogP contribution is -2.54. The first-order valence-electron chi connectivity index (χ1n) is 9.88.